The lowest BCUT2D eigenvalue weighted by molar-refractivity contribution is -0.118. The number of benzene rings is 1. The summed E-state index contributed by atoms with van der Waals surface area (Å²) < 4.78 is 39.9. The number of carbonyl (C=O) groups excluding carboxylic acids is 1. The van der Waals surface area contributed by atoms with E-state index in [9.17, 15) is 13.2 Å². The maximum Gasteiger partial charge on any atom is 0.240 e. The number of sulfonamides is 1. The molecule has 3 fully saturated rings. The molecule has 0 radical (unpaired) electrons. The van der Waals surface area contributed by atoms with Crippen LogP contribution in [0.15, 0.2) is 41.3 Å². The standard InChI is InChI=1S/C30H38N4O5S2/c1-38-27-11-10-26-29(32-27)40-30(31-26)33-28(35)25(16-19-4-2-3-5-19)21-6-8-24(9-7-21)41(36,37)34-23-17-22(18-23)20-12-14-39-15-13-20/h6-11,19-20,22-23,25,34H,2-5,12-18H2,1H3,(H,31,33,35). The minimum atomic E-state index is -3.63. The molecule has 0 bridgehead atoms. The molecular formula is C30H38N4O5S2. The van der Waals surface area contributed by atoms with Crippen LogP contribution in [0.5, 0.6) is 5.88 Å². The molecule has 41 heavy (non-hydrogen) atoms. The van der Waals surface area contributed by atoms with Gasteiger partial charge in [-0.3, -0.25) is 4.79 Å². The zero-order valence-electron chi connectivity index (χ0n) is 23.4. The summed E-state index contributed by atoms with van der Waals surface area (Å²) >= 11 is 1.31. The third-order valence-electron chi connectivity index (χ3n) is 9.05. The van der Waals surface area contributed by atoms with Gasteiger partial charge in [-0.05, 0) is 73.6 Å². The first kappa shape index (κ1) is 28.5. The van der Waals surface area contributed by atoms with E-state index in [4.69, 9.17) is 9.47 Å². The van der Waals surface area contributed by atoms with E-state index < -0.39 is 15.9 Å². The second-order valence-electron chi connectivity index (χ2n) is 11.7. The van der Waals surface area contributed by atoms with Crippen LogP contribution in [0, 0.1) is 17.8 Å². The summed E-state index contributed by atoms with van der Waals surface area (Å²) in [5.74, 6) is 1.67. The van der Waals surface area contributed by atoms with Crippen molar-refractivity contribution in [1.29, 1.82) is 0 Å². The van der Waals surface area contributed by atoms with Crippen molar-refractivity contribution in [3.8, 4) is 5.88 Å². The van der Waals surface area contributed by atoms with Crippen molar-refractivity contribution in [3.05, 3.63) is 42.0 Å². The fourth-order valence-electron chi connectivity index (χ4n) is 6.63. The number of hydrogen-bond acceptors (Lipinski definition) is 8. The SMILES string of the molecule is COc1ccc2nc(NC(=O)C(CC3CCCC3)c3ccc(S(=O)(=O)NC4CC(C5CCOCC5)C4)cc3)sc2n1. The van der Waals surface area contributed by atoms with Gasteiger partial charge >= 0.3 is 0 Å². The predicted molar refractivity (Wildman–Crippen MR) is 159 cm³/mol. The van der Waals surface area contributed by atoms with Crippen molar-refractivity contribution in [2.75, 3.05) is 25.6 Å². The van der Waals surface area contributed by atoms with Gasteiger partial charge in [0.1, 0.15) is 10.3 Å². The van der Waals surface area contributed by atoms with E-state index in [-0.39, 0.29) is 16.8 Å². The van der Waals surface area contributed by atoms with Crippen LogP contribution in [-0.2, 0) is 19.6 Å². The summed E-state index contributed by atoms with van der Waals surface area (Å²) in [4.78, 5) is 23.5. The van der Waals surface area contributed by atoms with Crippen molar-refractivity contribution in [3.63, 3.8) is 0 Å². The van der Waals surface area contributed by atoms with Gasteiger partial charge < -0.3 is 14.8 Å². The lowest BCUT2D eigenvalue weighted by Gasteiger charge is -2.42. The number of fused-ring (bicyclic) bond motifs is 1. The molecule has 6 rings (SSSR count). The van der Waals surface area contributed by atoms with Gasteiger partial charge in [0, 0.05) is 25.3 Å². The van der Waals surface area contributed by atoms with E-state index in [1.165, 1.54) is 24.2 Å². The van der Waals surface area contributed by atoms with Gasteiger partial charge in [0.15, 0.2) is 5.13 Å². The van der Waals surface area contributed by atoms with Crippen LogP contribution in [0.2, 0.25) is 0 Å². The maximum atomic E-state index is 13.6. The van der Waals surface area contributed by atoms with Gasteiger partial charge in [0.25, 0.3) is 0 Å². The summed E-state index contributed by atoms with van der Waals surface area (Å²) in [5.41, 5.74) is 1.52. The highest BCUT2D eigenvalue weighted by Crippen LogP contribution is 2.40. The number of methoxy groups -OCH3 is 1. The Morgan fingerprint density at radius 2 is 1.76 bits per heavy atom. The summed E-state index contributed by atoms with van der Waals surface area (Å²) in [7, 11) is -2.06. The number of ether oxygens (including phenoxy) is 2. The minimum absolute atomic E-state index is 0.0170. The van der Waals surface area contributed by atoms with Crippen LogP contribution >= 0.6 is 11.3 Å². The van der Waals surface area contributed by atoms with E-state index in [1.807, 2.05) is 6.07 Å². The Bertz CT molecular complexity index is 1460. The Kier molecular flexibility index (Phi) is 8.57. The molecule has 1 aliphatic heterocycles. The normalized spacial score (nSPS) is 22.9. The Morgan fingerprint density at radius 1 is 1.02 bits per heavy atom. The highest BCUT2D eigenvalue weighted by Gasteiger charge is 2.38. The van der Waals surface area contributed by atoms with Crippen LogP contribution < -0.4 is 14.8 Å². The molecule has 2 aliphatic carbocycles. The third kappa shape index (κ3) is 6.58. The highest BCUT2D eigenvalue weighted by molar-refractivity contribution is 7.89. The lowest BCUT2D eigenvalue weighted by atomic mass is 9.70. The Morgan fingerprint density at radius 3 is 2.46 bits per heavy atom. The number of pyridine rings is 1. The molecule has 1 unspecified atom stereocenters. The molecule has 3 aliphatic rings. The number of nitrogens with one attached hydrogen (secondary N) is 2. The maximum absolute atomic E-state index is 13.6. The largest absolute Gasteiger partial charge is 0.481 e. The molecule has 1 aromatic carbocycles. The van der Waals surface area contributed by atoms with Crippen LogP contribution in [0.4, 0.5) is 5.13 Å². The summed E-state index contributed by atoms with van der Waals surface area (Å²) in [6.07, 6.45) is 9.25. The van der Waals surface area contributed by atoms with Gasteiger partial charge in [-0.15, -0.1) is 0 Å². The average Bonchev–Trinajstić information content (AvgIpc) is 3.63. The van der Waals surface area contributed by atoms with E-state index in [2.05, 4.69) is 20.0 Å². The van der Waals surface area contributed by atoms with E-state index in [0.717, 1.165) is 63.7 Å². The molecule has 0 spiro atoms. The number of rotatable bonds is 10. The minimum Gasteiger partial charge on any atom is -0.481 e. The monoisotopic (exact) mass is 598 g/mol. The van der Waals surface area contributed by atoms with E-state index in [1.54, 1.807) is 37.4 Å². The fourth-order valence-corrected chi connectivity index (χ4v) is 8.73. The first-order chi connectivity index (χ1) is 19.9. The van der Waals surface area contributed by atoms with Crippen molar-refractivity contribution in [1.82, 2.24) is 14.7 Å². The first-order valence-corrected chi connectivity index (χ1v) is 17.0. The van der Waals surface area contributed by atoms with Crippen molar-refractivity contribution < 1.29 is 22.7 Å². The zero-order valence-corrected chi connectivity index (χ0v) is 25.0. The molecule has 3 heterocycles. The Hall–Kier alpha value is -2.60. The van der Waals surface area contributed by atoms with Gasteiger partial charge in [0.05, 0.1) is 17.9 Å². The Balaban J connectivity index is 1.13. The van der Waals surface area contributed by atoms with Crippen molar-refractivity contribution in [2.45, 2.75) is 74.6 Å². The highest BCUT2D eigenvalue weighted by atomic mass is 32.2. The lowest BCUT2D eigenvalue weighted by Crippen LogP contribution is -2.47. The number of anilines is 1. The summed E-state index contributed by atoms with van der Waals surface area (Å²) in [6, 6.07) is 10.4. The van der Waals surface area contributed by atoms with Crippen molar-refractivity contribution >= 4 is 42.7 Å². The van der Waals surface area contributed by atoms with E-state index >= 15 is 0 Å². The van der Waals surface area contributed by atoms with Crippen LogP contribution in [0.25, 0.3) is 10.3 Å². The number of thiazole rings is 1. The smallest absolute Gasteiger partial charge is 0.240 e. The molecule has 1 atom stereocenters. The second-order valence-corrected chi connectivity index (χ2v) is 14.4. The number of carbonyl (C=O) groups is 1. The number of amides is 1. The third-order valence-corrected chi connectivity index (χ3v) is 11.5. The van der Waals surface area contributed by atoms with Gasteiger partial charge in [0.2, 0.25) is 21.8 Å². The topological polar surface area (TPSA) is 120 Å². The number of nitrogens with zero attached hydrogens (tertiary/aromatic N) is 2. The summed E-state index contributed by atoms with van der Waals surface area (Å²) in [5, 5.41) is 3.50. The predicted octanol–water partition coefficient (Wildman–Crippen LogP) is 5.49. The van der Waals surface area contributed by atoms with Crippen LogP contribution in [-0.4, -0.2) is 50.7 Å². The molecule has 3 aromatic rings. The van der Waals surface area contributed by atoms with Gasteiger partial charge in [-0.1, -0.05) is 49.2 Å². The number of aromatic nitrogens is 2. The first-order valence-electron chi connectivity index (χ1n) is 14.7. The molecule has 2 N–H and O–H groups in total. The second kappa shape index (κ2) is 12.3. The van der Waals surface area contributed by atoms with Crippen LogP contribution in [0.1, 0.15) is 69.3 Å². The fraction of sp³-hybridized carbons (Fsp3) is 0.567. The molecular weight excluding hydrogens is 560 g/mol. The molecule has 11 heteroatoms. The zero-order chi connectivity index (χ0) is 28.4. The molecule has 9 nitrogen and oxygen atoms in total. The summed E-state index contributed by atoms with van der Waals surface area (Å²) in [6.45, 7) is 1.63. The Labute approximate surface area is 245 Å². The number of hydrogen-bond donors (Lipinski definition) is 2. The molecule has 220 valence electrons. The van der Waals surface area contributed by atoms with Gasteiger partial charge in [-0.2, -0.15) is 0 Å². The van der Waals surface area contributed by atoms with Crippen molar-refractivity contribution in [2.24, 2.45) is 17.8 Å². The van der Waals surface area contributed by atoms with Gasteiger partial charge in [-0.25, -0.2) is 23.1 Å². The molecule has 1 saturated heterocycles. The average molecular weight is 599 g/mol. The molecule has 1 amide bonds. The quantitative estimate of drug-likeness (QED) is 0.317. The molecule has 2 saturated carbocycles. The van der Waals surface area contributed by atoms with Crippen LogP contribution in [0.3, 0.4) is 0 Å². The molecule has 2 aromatic heterocycles. The van der Waals surface area contributed by atoms with E-state index in [0.29, 0.717) is 39.1 Å².